The van der Waals surface area contributed by atoms with Crippen molar-refractivity contribution in [1.29, 1.82) is 0 Å². The summed E-state index contributed by atoms with van der Waals surface area (Å²) in [5.41, 5.74) is 0.232. The molecule has 0 aromatic heterocycles. The van der Waals surface area contributed by atoms with Crippen LogP contribution in [0.4, 0.5) is 0 Å². The number of morpholine rings is 1. The van der Waals surface area contributed by atoms with Crippen LogP contribution in [0.5, 0.6) is 5.75 Å². The third-order valence-electron chi connectivity index (χ3n) is 5.82. The fraction of sp³-hybridized carbons (Fsp3) is 0.583. The first kappa shape index (κ1) is 26.4. The molecule has 0 radical (unpaired) electrons. The van der Waals surface area contributed by atoms with Crippen LogP contribution in [0, 0.1) is 0 Å². The second kappa shape index (κ2) is 12.0. The topological polar surface area (TPSA) is 146 Å². The first-order chi connectivity index (χ1) is 16.7. The summed E-state index contributed by atoms with van der Waals surface area (Å²) in [5, 5.41) is 17.9. The van der Waals surface area contributed by atoms with Gasteiger partial charge >= 0.3 is 0 Å². The van der Waals surface area contributed by atoms with Crippen molar-refractivity contribution in [2.24, 2.45) is 0 Å². The minimum absolute atomic E-state index is 0.202. The Balaban J connectivity index is 1.90. The van der Waals surface area contributed by atoms with Crippen molar-refractivity contribution in [3.63, 3.8) is 0 Å². The van der Waals surface area contributed by atoms with E-state index in [0.29, 0.717) is 25.3 Å². The summed E-state index contributed by atoms with van der Waals surface area (Å²) in [6.45, 7) is 6.18. The van der Waals surface area contributed by atoms with E-state index >= 15 is 0 Å². The van der Waals surface area contributed by atoms with Crippen LogP contribution in [0.2, 0.25) is 0 Å². The molecule has 1 aromatic carbocycles. The van der Waals surface area contributed by atoms with Crippen LogP contribution in [0.1, 0.15) is 44.0 Å². The number of rotatable bonds is 2. The minimum Gasteiger partial charge on any atom is -0.493 e. The molecule has 4 N–H and O–H groups in total. The van der Waals surface area contributed by atoms with Crippen molar-refractivity contribution in [2.45, 2.75) is 64.0 Å². The number of nitrogens with one attached hydrogen (secondary N) is 3. The van der Waals surface area contributed by atoms with E-state index in [-0.39, 0.29) is 30.9 Å². The number of ether oxygens (including phenoxy) is 2. The molecule has 2 aliphatic rings. The molecule has 1 aromatic rings. The van der Waals surface area contributed by atoms with Crippen molar-refractivity contribution in [3.05, 3.63) is 29.8 Å². The fourth-order valence-electron chi connectivity index (χ4n) is 4.19. The lowest BCUT2D eigenvalue weighted by Crippen LogP contribution is -2.57. The number of amides is 4. The number of hydrogen-bond donors (Lipinski definition) is 4. The summed E-state index contributed by atoms with van der Waals surface area (Å²) in [5.74, 6) is -1.87. The van der Waals surface area contributed by atoms with Crippen molar-refractivity contribution < 1.29 is 33.8 Å². The average Bonchev–Trinajstić information content (AvgIpc) is 2.80. The summed E-state index contributed by atoms with van der Waals surface area (Å²) in [7, 11) is 0. The van der Waals surface area contributed by atoms with E-state index in [4.69, 9.17) is 9.47 Å². The lowest BCUT2D eigenvalue weighted by molar-refractivity contribution is -0.146. The number of carbonyl (C=O) groups excluding carboxylic acids is 4. The predicted octanol–water partition coefficient (Wildman–Crippen LogP) is -0.425. The largest absolute Gasteiger partial charge is 0.493 e. The highest BCUT2D eigenvalue weighted by Gasteiger charge is 2.35. The molecule has 3 rings (SSSR count). The van der Waals surface area contributed by atoms with Crippen LogP contribution in [-0.4, -0.2) is 90.3 Å². The van der Waals surface area contributed by atoms with Crippen LogP contribution >= 0.6 is 0 Å². The Labute approximate surface area is 204 Å². The molecule has 0 saturated carbocycles. The third kappa shape index (κ3) is 7.15. The Kier molecular flexibility index (Phi) is 9.05. The molecule has 4 amide bonds. The van der Waals surface area contributed by atoms with Gasteiger partial charge in [-0.25, -0.2) is 0 Å². The Hall–Kier alpha value is -3.18. The van der Waals surface area contributed by atoms with Gasteiger partial charge in [-0.05, 0) is 39.3 Å². The van der Waals surface area contributed by atoms with Gasteiger partial charge < -0.3 is 35.4 Å². The molecule has 192 valence electrons. The fourth-order valence-corrected chi connectivity index (χ4v) is 4.19. The standard InChI is InChI=1S/C24H34N4O7/c1-14-12-28(13-15(2)35-14)24(33)18-11-20(30)27-21(16(3)29)23(32)25-9-6-10-34-19-8-5-4-7-17(19)22(31)26-18/h4-5,7-8,14-16,18,21,29H,6,9-13H2,1-3H3,(H,25,32)(H,26,31)(H,27,30)/t14-,15+,16-,18+,21+/m1/s1. The van der Waals surface area contributed by atoms with E-state index < -0.39 is 48.2 Å². The molecule has 0 bridgehead atoms. The van der Waals surface area contributed by atoms with Gasteiger partial charge in [-0.1, -0.05) is 12.1 Å². The van der Waals surface area contributed by atoms with E-state index in [2.05, 4.69) is 16.0 Å². The predicted molar refractivity (Wildman–Crippen MR) is 126 cm³/mol. The molecule has 1 fully saturated rings. The molecule has 0 unspecified atom stereocenters. The Morgan fingerprint density at radius 1 is 1.11 bits per heavy atom. The summed E-state index contributed by atoms with van der Waals surface area (Å²) < 4.78 is 11.4. The van der Waals surface area contributed by atoms with Gasteiger partial charge in [-0.15, -0.1) is 0 Å². The lowest BCUT2D eigenvalue weighted by Gasteiger charge is -2.37. The Morgan fingerprint density at radius 2 is 1.80 bits per heavy atom. The first-order valence-electron chi connectivity index (χ1n) is 11.9. The van der Waals surface area contributed by atoms with Crippen LogP contribution in [0.25, 0.3) is 0 Å². The van der Waals surface area contributed by atoms with Gasteiger partial charge in [-0.3, -0.25) is 19.2 Å². The molecule has 2 aliphatic heterocycles. The van der Waals surface area contributed by atoms with E-state index in [1.807, 2.05) is 13.8 Å². The summed E-state index contributed by atoms with van der Waals surface area (Å²) >= 11 is 0. The number of fused-ring (bicyclic) bond motifs is 1. The van der Waals surface area contributed by atoms with Gasteiger partial charge in [0.05, 0.1) is 36.9 Å². The lowest BCUT2D eigenvalue weighted by atomic mass is 10.1. The van der Waals surface area contributed by atoms with Crippen LogP contribution in [0.3, 0.4) is 0 Å². The molecule has 5 atom stereocenters. The highest BCUT2D eigenvalue weighted by atomic mass is 16.5. The number of para-hydroxylation sites is 1. The third-order valence-corrected chi connectivity index (χ3v) is 5.82. The Morgan fingerprint density at radius 3 is 2.49 bits per heavy atom. The molecule has 11 heteroatoms. The number of aliphatic hydroxyl groups excluding tert-OH is 1. The molecular formula is C24H34N4O7. The van der Waals surface area contributed by atoms with Crippen molar-refractivity contribution in [1.82, 2.24) is 20.9 Å². The average molecular weight is 491 g/mol. The second-order valence-corrected chi connectivity index (χ2v) is 9.01. The zero-order valence-electron chi connectivity index (χ0n) is 20.3. The molecule has 0 aliphatic carbocycles. The first-order valence-corrected chi connectivity index (χ1v) is 11.9. The van der Waals surface area contributed by atoms with E-state index in [1.54, 1.807) is 29.2 Å². The minimum atomic E-state index is -1.21. The van der Waals surface area contributed by atoms with Crippen LogP contribution in [-0.2, 0) is 19.1 Å². The number of hydrogen-bond acceptors (Lipinski definition) is 7. The summed E-state index contributed by atoms with van der Waals surface area (Å²) in [6, 6.07) is 4.22. The number of benzene rings is 1. The molecule has 35 heavy (non-hydrogen) atoms. The summed E-state index contributed by atoms with van der Waals surface area (Å²) in [6.07, 6.45) is -1.54. The van der Waals surface area contributed by atoms with Gasteiger partial charge in [0.25, 0.3) is 5.91 Å². The zero-order valence-corrected chi connectivity index (χ0v) is 20.3. The van der Waals surface area contributed by atoms with Crippen molar-refractivity contribution in [2.75, 3.05) is 26.2 Å². The SMILES string of the molecule is C[C@@H]1CN(C(=O)[C@@H]2CC(=O)N[C@@H]([C@@H](C)O)C(=O)NCCCOc3ccccc3C(=O)N2)C[C@H](C)O1. The van der Waals surface area contributed by atoms with Gasteiger partial charge in [0, 0.05) is 19.6 Å². The maximum absolute atomic E-state index is 13.4. The second-order valence-electron chi connectivity index (χ2n) is 9.01. The van der Waals surface area contributed by atoms with Gasteiger partial charge in [0.2, 0.25) is 17.7 Å². The maximum atomic E-state index is 13.4. The van der Waals surface area contributed by atoms with Gasteiger partial charge in [0.15, 0.2) is 0 Å². The molecule has 0 spiro atoms. The monoisotopic (exact) mass is 490 g/mol. The van der Waals surface area contributed by atoms with Gasteiger partial charge in [0.1, 0.15) is 17.8 Å². The van der Waals surface area contributed by atoms with E-state index in [1.165, 1.54) is 6.92 Å². The number of carbonyl (C=O) groups is 4. The molecule has 11 nitrogen and oxygen atoms in total. The maximum Gasteiger partial charge on any atom is 0.255 e. The number of nitrogens with zero attached hydrogens (tertiary/aromatic N) is 1. The molecule has 1 saturated heterocycles. The zero-order chi connectivity index (χ0) is 25.5. The van der Waals surface area contributed by atoms with Crippen LogP contribution in [0.15, 0.2) is 24.3 Å². The molecular weight excluding hydrogens is 456 g/mol. The van der Waals surface area contributed by atoms with Crippen molar-refractivity contribution >= 4 is 23.6 Å². The van der Waals surface area contributed by atoms with Crippen LogP contribution < -0.4 is 20.7 Å². The number of aliphatic hydroxyl groups is 1. The molecule has 2 heterocycles. The highest BCUT2D eigenvalue weighted by Crippen LogP contribution is 2.19. The van der Waals surface area contributed by atoms with Crippen molar-refractivity contribution in [3.8, 4) is 5.75 Å². The highest BCUT2D eigenvalue weighted by molar-refractivity contribution is 6.01. The van der Waals surface area contributed by atoms with Gasteiger partial charge in [-0.2, -0.15) is 0 Å². The summed E-state index contributed by atoms with van der Waals surface area (Å²) in [4.78, 5) is 53.6. The van der Waals surface area contributed by atoms with E-state index in [9.17, 15) is 24.3 Å². The van der Waals surface area contributed by atoms with E-state index in [0.717, 1.165) is 0 Å². The smallest absolute Gasteiger partial charge is 0.255 e. The Bertz CT molecular complexity index is 928. The quantitative estimate of drug-likeness (QED) is 0.440. The normalized spacial score (nSPS) is 27.7.